The van der Waals surface area contributed by atoms with E-state index in [2.05, 4.69) is 4.98 Å². The van der Waals surface area contributed by atoms with E-state index in [-0.39, 0.29) is 0 Å². The van der Waals surface area contributed by atoms with Gasteiger partial charge in [0.25, 0.3) is 0 Å². The molecule has 0 radical (unpaired) electrons. The van der Waals surface area contributed by atoms with E-state index in [0.29, 0.717) is 10.8 Å². The van der Waals surface area contributed by atoms with Gasteiger partial charge in [0.1, 0.15) is 5.75 Å². The smallest absolute Gasteiger partial charge is 0.172 e. The number of aliphatic hydroxyl groups excluding tert-OH is 1. The van der Waals surface area contributed by atoms with E-state index >= 15 is 0 Å². The zero-order valence-corrected chi connectivity index (χ0v) is 14.7. The van der Waals surface area contributed by atoms with Gasteiger partial charge in [-0.05, 0) is 29.8 Å². The molecule has 4 nitrogen and oxygen atoms in total. The Balaban J connectivity index is 1.72. The van der Waals surface area contributed by atoms with Gasteiger partial charge in [-0.15, -0.1) is 0 Å². The first-order chi connectivity index (χ1) is 11.7. The largest absolute Gasteiger partial charge is 0.497 e. The first-order valence-corrected chi connectivity index (χ1v) is 8.78. The monoisotopic (exact) mass is 360 g/mol. The average molecular weight is 361 g/mol. The molecule has 1 N–H and O–H groups in total. The van der Waals surface area contributed by atoms with Gasteiger partial charge in [0.2, 0.25) is 0 Å². The lowest BCUT2D eigenvalue weighted by molar-refractivity contribution is 0.204. The zero-order chi connectivity index (χ0) is 16.9. The van der Waals surface area contributed by atoms with Gasteiger partial charge >= 0.3 is 0 Å². The summed E-state index contributed by atoms with van der Waals surface area (Å²) >= 11 is 7.37. The molecule has 2 aromatic carbocycles. The molecule has 1 atom stereocenters. The SMILES string of the molecule is COc1cccc(-n2ccnc2SC[C@@H](O)c2ccc(Cl)cc2)c1. The number of imidazole rings is 1. The van der Waals surface area contributed by atoms with E-state index in [1.165, 1.54) is 11.8 Å². The summed E-state index contributed by atoms with van der Waals surface area (Å²) < 4.78 is 7.24. The predicted molar refractivity (Wildman–Crippen MR) is 97.3 cm³/mol. The summed E-state index contributed by atoms with van der Waals surface area (Å²) in [6.45, 7) is 0. The molecule has 0 amide bonds. The number of aliphatic hydroxyl groups is 1. The minimum atomic E-state index is -0.581. The Labute approximate surface area is 150 Å². The molecule has 0 fully saturated rings. The fourth-order valence-electron chi connectivity index (χ4n) is 2.29. The van der Waals surface area contributed by atoms with E-state index in [4.69, 9.17) is 16.3 Å². The molecule has 3 rings (SSSR count). The highest BCUT2D eigenvalue weighted by Gasteiger charge is 2.12. The summed E-state index contributed by atoms with van der Waals surface area (Å²) in [5.41, 5.74) is 1.81. The third-order valence-electron chi connectivity index (χ3n) is 3.56. The molecule has 0 unspecified atom stereocenters. The summed E-state index contributed by atoms with van der Waals surface area (Å²) in [6.07, 6.45) is 3.06. The van der Waals surface area contributed by atoms with Crippen LogP contribution in [0, 0.1) is 0 Å². The zero-order valence-electron chi connectivity index (χ0n) is 13.1. The van der Waals surface area contributed by atoms with Crippen molar-refractivity contribution in [1.29, 1.82) is 0 Å². The Morgan fingerprint density at radius 2 is 2.04 bits per heavy atom. The maximum Gasteiger partial charge on any atom is 0.172 e. The van der Waals surface area contributed by atoms with E-state index in [1.54, 1.807) is 25.4 Å². The minimum absolute atomic E-state index is 0.503. The lowest BCUT2D eigenvalue weighted by atomic mass is 10.1. The second kappa shape index (κ2) is 7.75. The number of rotatable bonds is 6. The quantitative estimate of drug-likeness (QED) is 0.663. The fraction of sp³-hybridized carbons (Fsp3) is 0.167. The Bertz CT molecular complexity index is 805. The van der Waals surface area contributed by atoms with E-state index in [9.17, 15) is 5.11 Å². The van der Waals surface area contributed by atoms with Crippen LogP contribution in [0.5, 0.6) is 5.75 Å². The molecule has 3 aromatic rings. The molecule has 124 valence electrons. The number of benzene rings is 2. The van der Waals surface area contributed by atoms with Gasteiger partial charge in [-0.25, -0.2) is 4.98 Å². The number of nitrogens with zero attached hydrogens (tertiary/aromatic N) is 2. The van der Waals surface area contributed by atoms with E-state index < -0.39 is 6.10 Å². The molecule has 0 aliphatic carbocycles. The van der Waals surface area contributed by atoms with Crippen molar-refractivity contribution >= 4 is 23.4 Å². The summed E-state index contributed by atoms with van der Waals surface area (Å²) in [5, 5.41) is 11.8. The molecular formula is C18H17ClN2O2S. The Morgan fingerprint density at radius 1 is 1.25 bits per heavy atom. The molecule has 0 aliphatic rings. The highest BCUT2D eigenvalue weighted by atomic mass is 35.5. The molecule has 6 heteroatoms. The maximum absolute atomic E-state index is 10.3. The van der Waals surface area contributed by atoms with Crippen LogP contribution in [0.15, 0.2) is 66.1 Å². The number of methoxy groups -OCH3 is 1. The molecule has 0 bridgehead atoms. The van der Waals surface area contributed by atoms with Crippen LogP contribution in [0.3, 0.4) is 0 Å². The number of thioether (sulfide) groups is 1. The Kier molecular flexibility index (Phi) is 5.45. The van der Waals surface area contributed by atoms with Gasteiger partial charge in [0, 0.05) is 29.2 Å². The molecule has 0 spiro atoms. The number of halogens is 1. The highest BCUT2D eigenvalue weighted by Crippen LogP contribution is 2.27. The van der Waals surface area contributed by atoms with Gasteiger partial charge in [0.05, 0.1) is 18.9 Å². The molecule has 0 aliphatic heterocycles. The highest BCUT2D eigenvalue weighted by molar-refractivity contribution is 7.99. The number of aromatic nitrogens is 2. The molecule has 0 saturated carbocycles. The molecule has 24 heavy (non-hydrogen) atoms. The summed E-state index contributed by atoms with van der Waals surface area (Å²) in [6, 6.07) is 15.0. The predicted octanol–water partition coefficient (Wildman–Crippen LogP) is 4.36. The summed E-state index contributed by atoms with van der Waals surface area (Å²) in [5.74, 6) is 1.29. The van der Waals surface area contributed by atoms with Crippen molar-refractivity contribution in [2.75, 3.05) is 12.9 Å². The van der Waals surface area contributed by atoms with Gasteiger partial charge in [-0.3, -0.25) is 4.57 Å². The maximum atomic E-state index is 10.3. The van der Waals surface area contributed by atoms with Gasteiger partial charge in [-0.1, -0.05) is 41.6 Å². The summed E-state index contributed by atoms with van der Waals surface area (Å²) in [7, 11) is 1.64. The third kappa shape index (κ3) is 3.93. The van der Waals surface area contributed by atoms with Gasteiger partial charge < -0.3 is 9.84 Å². The lowest BCUT2D eigenvalue weighted by Crippen LogP contribution is -2.02. The van der Waals surface area contributed by atoms with Crippen molar-refractivity contribution < 1.29 is 9.84 Å². The van der Waals surface area contributed by atoms with E-state index in [0.717, 1.165) is 22.2 Å². The van der Waals surface area contributed by atoms with Gasteiger partial charge in [0.15, 0.2) is 5.16 Å². The Morgan fingerprint density at radius 3 is 2.79 bits per heavy atom. The first-order valence-electron chi connectivity index (χ1n) is 7.41. The third-order valence-corrected chi connectivity index (χ3v) is 4.86. The van der Waals surface area contributed by atoms with E-state index in [1.807, 2.05) is 47.2 Å². The second-order valence-electron chi connectivity index (χ2n) is 5.16. The lowest BCUT2D eigenvalue weighted by Gasteiger charge is -2.12. The van der Waals surface area contributed by atoms with Crippen molar-refractivity contribution in [2.45, 2.75) is 11.3 Å². The topological polar surface area (TPSA) is 47.3 Å². The van der Waals surface area contributed by atoms with Crippen molar-refractivity contribution in [2.24, 2.45) is 0 Å². The van der Waals surface area contributed by atoms with Crippen molar-refractivity contribution in [3.8, 4) is 11.4 Å². The van der Waals surface area contributed by atoms with Crippen molar-refractivity contribution in [1.82, 2.24) is 9.55 Å². The fourth-order valence-corrected chi connectivity index (χ4v) is 3.35. The van der Waals surface area contributed by atoms with Crippen molar-refractivity contribution in [3.63, 3.8) is 0 Å². The number of hydrogen-bond acceptors (Lipinski definition) is 4. The number of hydrogen-bond donors (Lipinski definition) is 1. The van der Waals surface area contributed by atoms with Crippen LogP contribution in [0.25, 0.3) is 5.69 Å². The molecule has 1 aromatic heterocycles. The minimum Gasteiger partial charge on any atom is -0.497 e. The first kappa shape index (κ1) is 16.9. The number of ether oxygens (including phenoxy) is 1. The standard InChI is InChI=1S/C18H17ClN2O2S/c1-23-16-4-2-3-15(11-16)21-10-9-20-18(21)24-12-17(22)13-5-7-14(19)8-6-13/h2-11,17,22H,12H2,1H3/t17-/m1/s1. The van der Waals surface area contributed by atoms with Crippen molar-refractivity contribution in [3.05, 3.63) is 71.5 Å². The van der Waals surface area contributed by atoms with Gasteiger partial charge in [-0.2, -0.15) is 0 Å². The van der Waals surface area contributed by atoms with Crippen LogP contribution in [0.4, 0.5) is 0 Å². The molecule has 1 heterocycles. The summed E-state index contributed by atoms with van der Waals surface area (Å²) in [4.78, 5) is 4.38. The van der Waals surface area contributed by atoms with Crippen LogP contribution in [-0.2, 0) is 0 Å². The van der Waals surface area contributed by atoms with Crippen LogP contribution in [0.2, 0.25) is 5.02 Å². The normalized spacial score (nSPS) is 12.1. The average Bonchev–Trinajstić information content (AvgIpc) is 3.09. The Hall–Kier alpha value is -1.95. The van der Waals surface area contributed by atoms with Crippen LogP contribution in [-0.4, -0.2) is 27.5 Å². The molecule has 0 saturated heterocycles. The second-order valence-corrected chi connectivity index (χ2v) is 6.58. The van der Waals surface area contributed by atoms with Crippen LogP contribution in [0.1, 0.15) is 11.7 Å². The molecular weight excluding hydrogens is 344 g/mol. The van der Waals surface area contributed by atoms with Crippen LogP contribution < -0.4 is 4.74 Å². The van der Waals surface area contributed by atoms with Crippen LogP contribution >= 0.6 is 23.4 Å².